The molecule has 1 aromatic heterocycles. The Morgan fingerprint density at radius 2 is 1.30 bits per heavy atom. The van der Waals surface area contributed by atoms with Crippen LogP contribution in [-0.4, -0.2) is 76.6 Å². The highest BCUT2D eigenvalue weighted by Gasteiger charge is 2.36. The van der Waals surface area contributed by atoms with Crippen LogP contribution in [0.5, 0.6) is 0 Å². The van der Waals surface area contributed by atoms with Gasteiger partial charge in [0.1, 0.15) is 30.8 Å². The van der Waals surface area contributed by atoms with Gasteiger partial charge in [-0.2, -0.15) is 0 Å². The molecule has 0 radical (unpaired) electrons. The van der Waals surface area contributed by atoms with Gasteiger partial charge in [-0.3, -0.25) is 24.2 Å². The fourth-order valence-corrected chi connectivity index (χ4v) is 10.5. The van der Waals surface area contributed by atoms with Gasteiger partial charge in [0.25, 0.3) is 0 Å². The van der Waals surface area contributed by atoms with Gasteiger partial charge >= 0.3 is 5.97 Å². The van der Waals surface area contributed by atoms with E-state index in [0.29, 0.717) is 56.1 Å². The molecule has 7 rings (SSSR count). The van der Waals surface area contributed by atoms with Gasteiger partial charge < -0.3 is 31.1 Å². The number of carbonyl (C=O) groups is 5. The summed E-state index contributed by atoms with van der Waals surface area (Å²) in [6.07, 6.45) is 22.6. The molecule has 3 heterocycles. The zero-order valence-electron chi connectivity index (χ0n) is 33.4. The Morgan fingerprint density at radius 1 is 0.661 bits per heavy atom. The molecule has 56 heavy (non-hydrogen) atoms. The van der Waals surface area contributed by atoms with E-state index in [1.165, 1.54) is 38.5 Å². The number of hydrogen-bond acceptors (Lipinski definition) is 7. The van der Waals surface area contributed by atoms with Gasteiger partial charge in [0.2, 0.25) is 23.6 Å². The number of pyridine rings is 1. The van der Waals surface area contributed by atoms with Crippen molar-refractivity contribution in [1.29, 1.82) is 0 Å². The first-order valence-electron chi connectivity index (χ1n) is 22.1. The molecule has 6 fully saturated rings. The number of nitrogens with one attached hydrogen (secondary N) is 4. The fourth-order valence-electron chi connectivity index (χ4n) is 10.5. The van der Waals surface area contributed by atoms with Crippen LogP contribution in [0, 0.1) is 29.6 Å². The van der Waals surface area contributed by atoms with Crippen LogP contribution in [0.4, 0.5) is 0 Å². The van der Waals surface area contributed by atoms with Crippen LogP contribution in [-0.2, 0) is 35.1 Å². The SMILES string of the molecule is O=C1COC2CCC(CC2)CC(C(=O)O)NC(=O)C(CCC2CCCCC2)NC(=O)C(CC2CCC(C3CCCCC3)CC2)NC(=O)C(Cc2ccccn2)N1. The Balaban J connectivity index is 1.24. The third kappa shape index (κ3) is 12.7. The second-order valence-corrected chi connectivity index (χ2v) is 17.9. The van der Waals surface area contributed by atoms with Crippen molar-refractivity contribution in [1.82, 2.24) is 26.3 Å². The van der Waals surface area contributed by atoms with Crippen LogP contribution in [0.2, 0.25) is 0 Å². The first-order chi connectivity index (χ1) is 27.2. The van der Waals surface area contributed by atoms with Crippen LogP contribution < -0.4 is 21.3 Å². The van der Waals surface area contributed by atoms with E-state index in [1.54, 1.807) is 18.3 Å². The van der Waals surface area contributed by atoms with E-state index in [1.807, 2.05) is 6.07 Å². The number of nitrogens with zero attached hydrogens (tertiary/aromatic N) is 1. The predicted molar refractivity (Wildman–Crippen MR) is 212 cm³/mol. The lowest BCUT2D eigenvalue weighted by Crippen LogP contribution is -2.58. The number of carboxylic acid groups (broad SMARTS) is 1. The summed E-state index contributed by atoms with van der Waals surface area (Å²) >= 11 is 0. The van der Waals surface area contributed by atoms with Crippen LogP contribution in [0.25, 0.3) is 0 Å². The van der Waals surface area contributed by atoms with Gasteiger partial charge in [-0.1, -0.05) is 83.1 Å². The molecule has 2 saturated heterocycles. The van der Waals surface area contributed by atoms with E-state index in [0.717, 1.165) is 63.7 Å². The number of aromatic nitrogens is 1. The monoisotopic (exact) mass is 778 g/mol. The normalized spacial score (nSPS) is 32.5. The molecular weight excluding hydrogens is 711 g/mol. The van der Waals surface area contributed by atoms with Gasteiger partial charge in [-0.25, -0.2) is 4.79 Å². The maximum absolute atomic E-state index is 14.5. The third-order valence-electron chi connectivity index (χ3n) is 13.8. The van der Waals surface area contributed by atoms with Crippen molar-refractivity contribution in [3.05, 3.63) is 30.1 Å². The summed E-state index contributed by atoms with van der Waals surface area (Å²) in [7, 11) is 0. The zero-order chi connectivity index (χ0) is 39.3. The average molecular weight is 778 g/mol. The first-order valence-corrected chi connectivity index (χ1v) is 22.1. The van der Waals surface area contributed by atoms with Crippen molar-refractivity contribution in [2.75, 3.05) is 6.61 Å². The molecule has 5 N–H and O–H groups in total. The maximum Gasteiger partial charge on any atom is 0.326 e. The number of carbonyl (C=O) groups excluding carboxylic acids is 4. The summed E-state index contributed by atoms with van der Waals surface area (Å²) < 4.78 is 6.00. The molecule has 310 valence electrons. The highest BCUT2D eigenvalue weighted by molar-refractivity contribution is 5.95. The second kappa shape index (κ2) is 21.3. The zero-order valence-corrected chi connectivity index (χ0v) is 33.4. The summed E-state index contributed by atoms with van der Waals surface area (Å²) in [4.78, 5) is 73.1. The molecule has 4 atom stereocenters. The molecule has 12 nitrogen and oxygen atoms in total. The van der Waals surface area contributed by atoms with Gasteiger partial charge in [0, 0.05) is 18.3 Å². The molecule has 4 amide bonds. The lowest BCUT2D eigenvalue weighted by atomic mass is 9.70. The molecule has 0 aromatic carbocycles. The predicted octanol–water partition coefficient (Wildman–Crippen LogP) is 5.76. The minimum Gasteiger partial charge on any atom is -0.480 e. The lowest BCUT2D eigenvalue weighted by Gasteiger charge is -2.37. The highest BCUT2D eigenvalue weighted by atomic mass is 16.5. The summed E-state index contributed by atoms with van der Waals surface area (Å²) in [6.45, 7) is -0.216. The van der Waals surface area contributed by atoms with Crippen molar-refractivity contribution in [3.63, 3.8) is 0 Å². The van der Waals surface area contributed by atoms with E-state index in [-0.39, 0.29) is 37.4 Å². The Kier molecular flexibility index (Phi) is 16.0. The molecule has 6 aliphatic rings. The van der Waals surface area contributed by atoms with Crippen LogP contribution >= 0.6 is 0 Å². The van der Waals surface area contributed by atoms with Gasteiger partial charge in [0.05, 0.1) is 6.10 Å². The van der Waals surface area contributed by atoms with Gasteiger partial charge in [-0.15, -0.1) is 0 Å². The van der Waals surface area contributed by atoms with Gasteiger partial charge in [-0.05, 0) is 106 Å². The maximum atomic E-state index is 14.5. The molecule has 12 heteroatoms. The number of fused-ring (bicyclic) bond motifs is 16. The molecular formula is C44H67N5O7. The molecule has 2 bridgehead atoms. The van der Waals surface area contributed by atoms with E-state index in [2.05, 4.69) is 26.3 Å². The van der Waals surface area contributed by atoms with Crippen molar-refractivity contribution < 1.29 is 33.8 Å². The number of carboxylic acids is 1. The fraction of sp³-hybridized carbons (Fsp3) is 0.773. The average Bonchev–Trinajstić information content (AvgIpc) is 3.22. The van der Waals surface area contributed by atoms with Crippen molar-refractivity contribution in [2.45, 2.75) is 178 Å². The minimum absolute atomic E-state index is 0.0737. The number of amides is 4. The first kappa shape index (κ1) is 42.1. The molecule has 4 saturated carbocycles. The Morgan fingerprint density at radius 3 is 1.98 bits per heavy atom. The second-order valence-electron chi connectivity index (χ2n) is 17.9. The van der Waals surface area contributed by atoms with Crippen molar-refractivity contribution in [2.24, 2.45) is 29.6 Å². The Bertz CT molecular complexity index is 1430. The van der Waals surface area contributed by atoms with Crippen molar-refractivity contribution >= 4 is 29.6 Å². The van der Waals surface area contributed by atoms with E-state index >= 15 is 0 Å². The number of aliphatic carboxylic acids is 1. The quantitative estimate of drug-likeness (QED) is 0.197. The van der Waals surface area contributed by atoms with Crippen LogP contribution in [0.3, 0.4) is 0 Å². The summed E-state index contributed by atoms with van der Waals surface area (Å²) in [5, 5.41) is 22.0. The van der Waals surface area contributed by atoms with E-state index < -0.39 is 53.8 Å². The largest absolute Gasteiger partial charge is 0.480 e. The van der Waals surface area contributed by atoms with Crippen LogP contribution in [0.15, 0.2) is 24.4 Å². The molecule has 2 aliphatic heterocycles. The Labute approximate surface area is 333 Å². The molecule has 1 aromatic rings. The third-order valence-corrected chi connectivity index (χ3v) is 13.8. The number of hydrogen-bond donors (Lipinski definition) is 5. The lowest BCUT2D eigenvalue weighted by molar-refractivity contribution is -0.143. The van der Waals surface area contributed by atoms with Gasteiger partial charge in [0.15, 0.2) is 0 Å². The van der Waals surface area contributed by atoms with Crippen molar-refractivity contribution in [3.8, 4) is 0 Å². The van der Waals surface area contributed by atoms with E-state index in [4.69, 9.17) is 4.74 Å². The highest BCUT2D eigenvalue weighted by Crippen LogP contribution is 2.41. The summed E-state index contributed by atoms with van der Waals surface area (Å²) in [5.41, 5.74) is 0.625. The summed E-state index contributed by atoms with van der Waals surface area (Å²) in [5.74, 6) is -0.735. The number of ether oxygens (including phenoxy) is 1. The Hall–Kier alpha value is -3.54. The topological polar surface area (TPSA) is 176 Å². The molecule has 4 unspecified atom stereocenters. The summed E-state index contributed by atoms with van der Waals surface area (Å²) in [6, 6.07) is 1.45. The standard InChI is InChI=1S/C44H67N5O7/c50-40-28-56-35-21-16-31(17-22-35)26-39(44(54)55)49-41(51)36(23-18-29-9-3-1-4-10-29)47-42(52)37(48-43(53)38(46-40)27-34-13-7-8-24-45-34)25-30-14-19-33(20-15-30)32-11-5-2-6-12-32/h7-8,13,24,29-33,35-39H,1-6,9-12,14-23,25-28H2,(H,46,50)(H,47,52)(H,48,53)(H,49,51)(H,54,55). The smallest absolute Gasteiger partial charge is 0.326 e. The van der Waals surface area contributed by atoms with E-state index in [9.17, 15) is 29.1 Å². The molecule has 4 aliphatic carbocycles. The van der Waals surface area contributed by atoms with Crippen LogP contribution in [0.1, 0.15) is 147 Å². The minimum atomic E-state index is -1.09. The molecule has 0 spiro atoms. The number of rotatable bonds is 9.